The summed E-state index contributed by atoms with van der Waals surface area (Å²) in [5.41, 5.74) is 0.905. The lowest BCUT2D eigenvalue weighted by Gasteiger charge is -2.32. The summed E-state index contributed by atoms with van der Waals surface area (Å²) in [6, 6.07) is 16.9. The van der Waals surface area contributed by atoms with E-state index in [1.54, 1.807) is 68.4 Å². The molecule has 0 saturated carbocycles. The van der Waals surface area contributed by atoms with E-state index in [0.717, 1.165) is 9.20 Å². The molecule has 0 fully saturated rings. The molecule has 0 unspecified atom stereocenters. The van der Waals surface area contributed by atoms with Gasteiger partial charge in [0.1, 0.15) is 18.3 Å². The van der Waals surface area contributed by atoms with Gasteiger partial charge < -0.3 is 15.0 Å². The Hall–Kier alpha value is -2.92. The number of nitrogens with one attached hydrogen (secondary N) is 1. The van der Waals surface area contributed by atoms with Crippen molar-refractivity contribution in [1.29, 1.82) is 0 Å². The van der Waals surface area contributed by atoms with E-state index in [2.05, 4.69) is 5.32 Å². The smallest absolute Gasteiger partial charge is 0.264 e. The van der Waals surface area contributed by atoms with Crippen LogP contribution in [0.15, 0.2) is 76.5 Å². The minimum Gasteiger partial charge on any atom is -0.494 e. The van der Waals surface area contributed by atoms with Crippen LogP contribution in [0, 0.1) is 0 Å². The number of anilines is 1. The standard InChI is InChI=1S/C29H33Cl2N3O5S2/c1-5-32-29(36)20(3)33(18-21-7-16-26(30)27(31)17-21)28(35)19-34(22-8-10-23(11-9-22)39-6-2)41(37,38)25-14-12-24(40-4)13-15-25/h7-17,20H,5-6,18-19H2,1-4H3,(H,32,36)/t20-/m1/s1. The van der Waals surface area contributed by atoms with Gasteiger partial charge in [-0.3, -0.25) is 13.9 Å². The van der Waals surface area contributed by atoms with Gasteiger partial charge in [-0.2, -0.15) is 0 Å². The van der Waals surface area contributed by atoms with Gasteiger partial charge in [-0.05, 0) is 93.3 Å². The molecule has 2 amide bonds. The Morgan fingerprint density at radius 3 is 2.20 bits per heavy atom. The van der Waals surface area contributed by atoms with E-state index >= 15 is 0 Å². The number of halogens is 2. The Morgan fingerprint density at radius 2 is 1.63 bits per heavy atom. The van der Waals surface area contributed by atoms with E-state index in [1.165, 1.54) is 28.8 Å². The fourth-order valence-electron chi connectivity index (χ4n) is 4.02. The van der Waals surface area contributed by atoms with Gasteiger partial charge >= 0.3 is 0 Å². The highest BCUT2D eigenvalue weighted by Crippen LogP contribution is 2.28. The molecule has 12 heteroatoms. The fraction of sp³-hybridized carbons (Fsp3) is 0.310. The predicted molar refractivity (Wildman–Crippen MR) is 166 cm³/mol. The van der Waals surface area contributed by atoms with Crippen molar-refractivity contribution in [3.05, 3.63) is 82.3 Å². The lowest BCUT2D eigenvalue weighted by atomic mass is 10.1. The van der Waals surface area contributed by atoms with Crippen molar-refractivity contribution in [2.45, 2.75) is 43.1 Å². The molecular formula is C29H33Cl2N3O5S2. The molecule has 1 atom stereocenters. The van der Waals surface area contributed by atoms with Crippen molar-refractivity contribution in [3.63, 3.8) is 0 Å². The summed E-state index contributed by atoms with van der Waals surface area (Å²) >= 11 is 13.8. The summed E-state index contributed by atoms with van der Waals surface area (Å²) in [5, 5.41) is 3.38. The van der Waals surface area contributed by atoms with Gasteiger partial charge in [-0.15, -0.1) is 11.8 Å². The SMILES string of the molecule is CCNC(=O)[C@@H](C)N(Cc1ccc(Cl)c(Cl)c1)C(=O)CN(c1ccc(OCC)cc1)S(=O)(=O)c1ccc(SC)cc1. The van der Waals surface area contributed by atoms with E-state index in [4.69, 9.17) is 27.9 Å². The Labute approximate surface area is 256 Å². The third-order valence-corrected chi connectivity index (χ3v) is 9.49. The molecule has 3 aromatic rings. The van der Waals surface area contributed by atoms with Crippen LogP contribution in [0.1, 0.15) is 26.3 Å². The number of rotatable bonds is 13. The first-order valence-corrected chi connectivity index (χ1v) is 16.3. The lowest BCUT2D eigenvalue weighted by molar-refractivity contribution is -0.139. The van der Waals surface area contributed by atoms with E-state index < -0.39 is 28.5 Å². The van der Waals surface area contributed by atoms with Gasteiger partial charge in [-0.1, -0.05) is 29.3 Å². The quantitative estimate of drug-likeness (QED) is 0.236. The van der Waals surface area contributed by atoms with E-state index in [0.29, 0.717) is 34.5 Å². The van der Waals surface area contributed by atoms with Crippen molar-refractivity contribution in [3.8, 4) is 5.75 Å². The minimum atomic E-state index is -4.18. The van der Waals surface area contributed by atoms with Crippen LogP contribution in [0.3, 0.4) is 0 Å². The zero-order valence-electron chi connectivity index (χ0n) is 23.3. The Morgan fingerprint density at radius 1 is 0.976 bits per heavy atom. The van der Waals surface area contributed by atoms with Crippen LogP contribution in [-0.4, -0.2) is 57.1 Å². The maximum Gasteiger partial charge on any atom is 0.264 e. The molecule has 0 aliphatic heterocycles. The number of hydrogen-bond donors (Lipinski definition) is 1. The number of benzene rings is 3. The van der Waals surface area contributed by atoms with Crippen molar-refractivity contribution < 1.29 is 22.7 Å². The summed E-state index contributed by atoms with van der Waals surface area (Å²) in [5.74, 6) is -0.382. The fourth-order valence-corrected chi connectivity index (χ4v) is 6.16. The molecule has 0 spiro atoms. The minimum absolute atomic E-state index is 0.00755. The number of likely N-dealkylation sites (N-methyl/N-ethyl adjacent to an activating group) is 1. The lowest BCUT2D eigenvalue weighted by Crippen LogP contribution is -2.51. The molecule has 0 aliphatic rings. The Bertz CT molecular complexity index is 1450. The van der Waals surface area contributed by atoms with Gasteiger partial charge in [-0.25, -0.2) is 8.42 Å². The maximum absolute atomic E-state index is 14.0. The Balaban J connectivity index is 2.04. The third kappa shape index (κ3) is 8.31. The zero-order chi connectivity index (χ0) is 30.2. The molecule has 1 N–H and O–H groups in total. The van der Waals surface area contributed by atoms with Crippen LogP contribution < -0.4 is 14.4 Å². The third-order valence-electron chi connectivity index (χ3n) is 6.22. The number of carbonyl (C=O) groups is 2. The van der Waals surface area contributed by atoms with Gasteiger partial charge in [0.05, 0.1) is 27.2 Å². The average Bonchev–Trinajstić information content (AvgIpc) is 2.96. The van der Waals surface area contributed by atoms with Gasteiger partial charge in [0, 0.05) is 18.0 Å². The molecule has 0 radical (unpaired) electrons. The van der Waals surface area contributed by atoms with E-state index in [-0.39, 0.29) is 23.0 Å². The van der Waals surface area contributed by atoms with Crippen LogP contribution >= 0.6 is 35.0 Å². The van der Waals surface area contributed by atoms with Crippen LogP contribution in [0.5, 0.6) is 5.75 Å². The molecule has 0 heterocycles. The number of thioether (sulfide) groups is 1. The number of nitrogens with zero attached hydrogens (tertiary/aromatic N) is 2. The van der Waals surface area contributed by atoms with E-state index in [1.807, 2.05) is 13.2 Å². The number of hydrogen-bond acceptors (Lipinski definition) is 6. The van der Waals surface area contributed by atoms with Crippen molar-refractivity contribution in [2.75, 3.05) is 30.3 Å². The molecule has 0 aromatic heterocycles. The summed E-state index contributed by atoms with van der Waals surface area (Å²) in [6.07, 6.45) is 1.90. The monoisotopic (exact) mass is 637 g/mol. The highest BCUT2D eigenvalue weighted by Gasteiger charge is 2.32. The Kier molecular flexibility index (Phi) is 11.8. The van der Waals surface area contributed by atoms with Crippen molar-refractivity contribution in [2.24, 2.45) is 0 Å². The second kappa shape index (κ2) is 14.8. The first kappa shape index (κ1) is 32.6. The molecular weight excluding hydrogens is 605 g/mol. The topological polar surface area (TPSA) is 96.0 Å². The maximum atomic E-state index is 14.0. The number of amides is 2. The second-order valence-electron chi connectivity index (χ2n) is 8.95. The first-order chi connectivity index (χ1) is 19.5. The first-order valence-electron chi connectivity index (χ1n) is 12.9. The van der Waals surface area contributed by atoms with Crippen LogP contribution in [-0.2, 0) is 26.2 Å². The highest BCUT2D eigenvalue weighted by molar-refractivity contribution is 7.98. The summed E-state index contributed by atoms with van der Waals surface area (Å²) in [4.78, 5) is 29.0. The molecule has 220 valence electrons. The van der Waals surface area contributed by atoms with Crippen LogP contribution in [0.4, 0.5) is 5.69 Å². The predicted octanol–water partition coefficient (Wildman–Crippen LogP) is 5.86. The molecule has 3 aromatic carbocycles. The van der Waals surface area contributed by atoms with Gasteiger partial charge in [0.15, 0.2) is 0 Å². The molecule has 0 aliphatic carbocycles. The molecule has 0 saturated heterocycles. The highest BCUT2D eigenvalue weighted by atomic mass is 35.5. The largest absolute Gasteiger partial charge is 0.494 e. The number of carbonyl (C=O) groups excluding carboxylic acids is 2. The van der Waals surface area contributed by atoms with E-state index in [9.17, 15) is 18.0 Å². The number of sulfonamides is 1. The average molecular weight is 639 g/mol. The zero-order valence-corrected chi connectivity index (χ0v) is 26.4. The molecule has 8 nitrogen and oxygen atoms in total. The number of ether oxygens (including phenoxy) is 1. The van der Waals surface area contributed by atoms with Crippen molar-refractivity contribution >= 4 is 62.5 Å². The van der Waals surface area contributed by atoms with Gasteiger partial charge in [0.25, 0.3) is 10.0 Å². The molecule has 41 heavy (non-hydrogen) atoms. The molecule has 0 bridgehead atoms. The van der Waals surface area contributed by atoms with Crippen LogP contribution in [0.2, 0.25) is 10.0 Å². The summed E-state index contributed by atoms with van der Waals surface area (Å²) in [6.45, 7) is 5.49. The summed E-state index contributed by atoms with van der Waals surface area (Å²) < 4.78 is 34.5. The normalized spacial score (nSPS) is 12.0. The second-order valence-corrected chi connectivity index (χ2v) is 12.5. The molecule has 3 rings (SSSR count). The summed E-state index contributed by atoms with van der Waals surface area (Å²) in [7, 11) is -4.18. The van der Waals surface area contributed by atoms with Crippen molar-refractivity contribution in [1.82, 2.24) is 10.2 Å². The van der Waals surface area contributed by atoms with Gasteiger partial charge in [0.2, 0.25) is 11.8 Å². The van der Waals surface area contributed by atoms with Crippen LogP contribution in [0.25, 0.3) is 0 Å².